The van der Waals surface area contributed by atoms with Gasteiger partial charge in [-0.25, -0.2) is 13.1 Å². The van der Waals surface area contributed by atoms with E-state index in [1.54, 1.807) is 0 Å². The van der Waals surface area contributed by atoms with Gasteiger partial charge in [0.1, 0.15) is 0 Å². The molecule has 0 fully saturated rings. The van der Waals surface area contributed by atoms with Crippen molar-refractivity contribution in [3.63, 3.8) is 0 Å². The topological polar surface area (TPSA) is 46.2 Å². The van der Waals surface area contributed by atoms with E-state index in [1.807, 2.05) is 0 Å². The van der Waals surface area contributed by atoms with Crippen LogP contribution in [0.2, 0.25) is 0 Å². The minimum atomic E-state index is -2.97. The first-order valence-corrected chi connectivity index (χ1v) is 4.58. The van der Waals surface area contributed by atoms with E-state index in [0.717, 1.165) is 6.26 Å². The molecule has 0 aliphatic carbocycles. The molecule has 0 aliphatic rings. The van der Waals surface area contributed by atoms with Crippen molar-refractivity contribution in [3.05, 3.63) is 0 Å². The summed E-state index contributed by atoms with van der Waals surface area (Å²) in [7, 11) is -2.97. The Morgan fingerprint density at radius 2 is 2.14 bits per heavy atom. The average Bonchev–Trinajstić information content (AvgIpc) is 1.30. The quantitative estimate of drug-likeness (QED) is 0.485. The molecule has 0 aromatic rings. The summed E-state index contributed by atoms with van der Waals surface area (Å²) in [5.74, 6) is 0. The van der Waals surface area contributed by atoms with Crippen LogP contribution in [0.1, 0.15) is 0 Å². The van der Waals surface area contributed by atoms with Gasteiger partial charge in [0.15, 0.2) is 0 Å². The second-order valence-corrected chi connectivity index (χ2v) is 3.44. The lowest BCUT2D eigenvalue weighted by atomic mass is 11.6. The average molecular weight is 188 g/mol. The third-order valence-electron chi connectivity index (χ3n) is 0.317. The zero-order chi connectivity index (χ0) is 5.91. The lowest BCUT2D eigenvalue weighted by molar-refractivity contribution is 0.593. The molecular formula is C2H6BrNO2S. The molecule has 0 saturated heterocycles. The summed E-state index contributed by atoms with van der Waals surface area (Å²) in [4.78, 5) is 0. The molecule has 5 heteroatoms. The van der Waals surface area contributed by atoms with Crippen LogP contribution < -0.4 is 4.72 Å². The SMILES string of the molecule is CS(=O)(=O)NCBr. The first kappa shape index (κ1) is 7.39. The van der Waals surface area contributed by atoms with Crippen LogP contribution >= 0.6 is 15.9 Å². The highest BCUT2D eigenvalue weighted by molar-refractivity contribution is 9.09. The molecule has 0 aliphatic heterocycles. The van der Waals surface area contributed by atoms with E-state index in [0.29, 0.717) is 0 Å². The predicted molar refractivity (Wildman–Crippen MR) is 31.8 cm³/mol. The van der Waals surface area contributed by atoms with Gasteiger partial charge < -0.3 is 0 Å². The maximum atomic E-state index is 10.1. The van der Waals surface area contributed by atoms with Crippen molar-refractivity contribution >= 4 is 26.0 Å². The molecule has 0 heterocycles. The zero-order valence-electron chi connectivity index (χ0n) is 3.81. The Morgan fingerprint density at radius 3 is 2.14 bits per heavy atom. The Hall–Kier alpha value is 0.390. The van der Waals surface area contributed by atoms with Crippen LogP contribution in [-0.2, 0) is 10.0 Å². The van der Waals surface area contributed by atoms with Gasteiger partial charge in [0, 0.05) is 0 Å². The monoisotopic (exact) mass is 187 g/mol. The number of sulfonamides is 1. The van der Waals surface area contributed by atoms with Crippen LogP contribution in [0.15, 0.2) is 0 Å². The molecule has 0 spiro atoms. The second kappa shape index (κ2) is 2.64. The second-order valence-electron chi connectivity index (χ2n) is 1.05. The molecule has 0 atom stereocenters. The van der Waals surface area contributed by atoms with E-state index < -0.39 is 10.0 Å². The van der Waals surface area contributed by atoms with E-state index >= 15 is 0 Å². The number of halogens is 1. The Balaban J connectivity index is 3.60. The fourth-order valence-electron chi connectivity index (χ4n) is 0.0991. The Kier molecular flexibility index (Phi) is 2.78. The van der Waals surface area contributed by atoms with Crippen LogP contribution in [0.25, 0.3) is 0 Å². The maximum absolute atomic E-state index is 10.1. The fraction of sp³-hybridized carbons (Fsp3) is 1.00. The van der Waals surface area contributed by atoms with Crippen molar-refractivity contribution in [2.24, 2.45) is 0 Å². The highest BCUT2D eigenvalue weighted by Crippen LogP contribution is 1.76. The van der Waals surface area contributed by atoms with Crippen LogP contribution in [0.5, 0.6) is 0 Å². The summed E-state index contributed by atoms with van der Waals surface area (Å²) in [6.45, 7) is 0. The molecule has 0 aromatic heterocycles. The molecule has 0 saturated carbocycles. The van der Waals surface area contributed by atoms with Gasteiger partial charge in [-0.1, -0.05) is 15.9 Å². The van der Waals surface area contributed by atoms with Crippen molar-refractivity contribution in [3.8, 4) is 0 Å². The smallest absolute Gasteiger partial charge is 0.209 e. The molecule has 0 bridgehead atoms. The summed E-state index contributed by atoms with van der Waals surface area (Å²) < 4.78 is 22.4. The Bertz CT molecular complexity index is 129. The van der Waals surface area contributed by atoms with Gasteiger partial charge in [-0.15, -0.1) is 0 Å². The van der Waals surface area contributed by atoms with E-state index in [-0.39, 0.29) is 5.45 Å². The van der Waals surface area contributed by atoms with Gasteiger partial charge >= 0.3 is 0 Å². The normalized spacial score (nSPS) is 11.7. The van der Waals surface area contributed by atoms with E-state index in [9.17, 15) is 8.42 Å². The van der Waals surface area contributed by atoms with Gasteiger partial charge in [0.25, 0.3) is 0 Å². The summed E-state index contributed by atoms with van der Waals surface area (Å²) in [5, 5.41) is 0. The molecule has 0 amide bonds. The van der Waals surface area contributed by atoms with Crippen molar-refractivity contribution in [1.82, 2.24) is 4.72 Å². The van der Waals surface area contributed by atoms with Crippen LogP contribution in [0, 0.1) is 0 Å². The summed E-state index contributed by atoms with van der Waals surface area (Å²) in [6, 6.07) is 0. The van der Waals surface area contributed by atoms with Crippen molar-refractivity contribution in [2.75, 3.05) is 11.7 Å². The molecule has 0 aromatic carbocycles. The third-order valence-corrected chi connectivity index (χ3v) is 1.64. The zero-order valence-corrected chi connectivity index (χ0v) is 6.21. The molecule has 0 rings (SSSR count). The van der Waals surface area contributed by atoms with Gasteiger partial charge in [0.2, 0.25) is 10.0 Å². The lowest BCUT2D eigenvalue weighted by Crippen LogP contribution is -2.19. The number of hydrogen-bond donors (Lipinski definition) is 1. The van der Waals surface area contributed by atoms with Crippen LogP contribution in [0.4, 0.5) is 0 Å². The van der Waals surface area contributed by atoms with E-state index in [4.69, 9.17) is 0 Å². The molecule has 1 N–H and O–H groups in total. The number of alkyl halides is 1. The van der Waals surface area contributed by atoms with Gasteiger partial charge in [-0.2, -0.15) is 0 Å². The Labute approximate surface area is 51.3 Å². The maximum Gasteiger partial charge on any atom is 0.209 e. The van der Waals surface area contributed by atoms with Crippen LogP contribution in [-0.4, -0.2) is 20.1 Å². The molecule has 3 nitrogen and oxygen atoms in total. The van der Waals surface area contributed by atoms with Gasteiger partial charge in [0.05, 0.1) is 11.7 Å². The first-order valence-electron chi connectivity index (χ1n) is 1.57. The molecule has 44 valence electrons. The minimum Gasteiger partial charge on any atom is -0.213 e. The van der Waals surface area contributed by atoms with Gasteiger partial charge in [-0.05, 0) is 0 Å². The van der Waals surface area contributed by atoms with Crippen LogP contribution in [0.3, 0.4) is 0 Å². The van der Waals surface area contributed by atoms with Gasteiger partial charge in [-0.3, -0.25) is 0 Å². The predicted octanol–water partition coefficient (Wildman–Crippen LogP) is -0.112. The lowest BCUT2D eigenvalue weighted by Gasteiger charge is -1.90. The van der Waals surface area contributed by atoms with Crippen molar-refractivity contribution in [2.45, 2.75) is 0 Å². The third kappa shape index (κ3) is 6.39. The Morgan fingerprint density at radius 1 is 1.71 bits per heavy atom. The molecule has 7 heavy (non-hydrogen) atoms. The van der Waals surface area contributed by atoms with E-state index in [1.165, 1.54) is 0 Å². The fourth-order valence-corrected chi connectivity index (χ4v) is 1.54. The largest absolute Gasteiger partial charge is 0.213 e. The van der Waals surface area contributed by atoms with E-state index in [2.05, 4.69) is 20.7 Å². The summed E-state index contributed by atoms with van der Waals surface area (Å²) >= 11 is 2.89. The number of nitrogens with one attached hydrogen (secondary N) is 1. The van der Waals surface area contributed by atoms with Crippen molar-refractivity contribution < 1.29 is 8.42 Å². The standard InChI is InChI=1S/C2H6BrNO2S/c1-7(5,6)4-2-3/h4H,2H2,1H3. The molecule has 0 radical (unpaired) electrons. The minimum absolute atomic E-state index is 0.284. The highest BCUT2D eigenvalue weighted by Gasteiger charge is 1.93. The number of rotatable bonds is 2. The number of hydrogen-bond acceptors (Lipinski definition) is 2. The first-order chi connectivity index (χ1) is 3.06. The van der Waals surface area contributed by atoms with Crippen molar-refractivity contribution in [1.29, 1.82) is 0 Å². The summed E-state index contributed by atoms with van der Waals surface area (Å²) in [5.41, 5.74) is 0.284. The molecule has 0 unspecified atom stereocenters. The summed E-state index contributed by atoms with van der Waals surface area (Å²) in [6.07, 6.45) is 1.11. The molecular weight excluding hydrogens is 182 g/mol. The highest BCUT2D eigenvalue weighted by atomic mass is 79.9.